The number of hydrogen-bond donors (Lipinski definition) is 2. The van der Waals surface area contributed by atoms with E-state index in [1.807, 2.05) is 0 Å². The van der Waals surface area contributed by atoms with E-state index in [9.17, 15) is 4.79 Å². The molecule has 0 radical (unpaired) electrons. The molecule has 0 saturated heterocycles. The van der Waals surface area contributed by atoms with Gasteiger partial charge in [0.15, 0.2) is 0 Å². The number of nitrogens with one attached hydrogen (secondary N) is 2. The average Bonchev–Trinajstić information content (AvgIpc) is 2.96. The zero-order chi connectivity index (χ0) is 13.8. The summed E-state index contributed by atoms with van der Waals surface area (Å²) in [6.45, 7) is 7.41. The van der Waals surface area contributed by atoms with Crippen molar-refractivity contribution in [1.29, 1.82) is 0 Å². The lowest BCUT2D eigenvalue weighted by Gasteiger charge is -2.28. The van der Waals surface area contributed by atoms with Gasteiger partial charge in [-0.25, -0.2) is 0 Å². The van der Waals surface area contributed by atoms with Crippen molar-refractivity contribution >= 4 is 5.91 Å². The van der Waals surface area contributed by atoms with Crippen LogP contribution in [0.3, 0.4) is 0 Å². The fraction of sp³-hybridized carbons (Fsp3) is 0.938. The fourth-order valence-electron chi connectivity index (χ4n) is 3.98. The van der Waals surface area contributed by atoms with Crippen LogP contribution < -0.4 is 10.6 Å². The van der Waals surface area contributed by atoms with Crippen LogP contribution in [0.5, 0.6) is 0 Å². The van der Waals surface area contributed by atoms with Gasteiger partial charge in [-0.3, -0.25) is 4.79 Å². The summed E-state index contributed by atoms with van der Waals surface area (Å²) >= 11 is 0. The van der Waals surface area contributed by atoms with Crippen molar-refractivity contribution in [2.45, 2.75) is 71.4 Å². The van der Waals surface area contributed by atoms with E-state index in [0.717, 1.165) is 30.7 Å². The number of amides is 1. The van der Waals surface area contributed by atoms with E-state index in [1.165, 1.54) is 25.7 Å². The molecule has 3 nitrogen and oxygen atoms in total. The first-order chi connectivity index (χ1) is 9.06. The highest BCUT2D eigenvalue weighted by Gasteiger charge is 2.41. The normalized spacial score (nSPS) is 30.8. The smallest absolute Gasteiger partial charge is 0.220 e. The van der Waals surface area contributed by atoms with E-state index in [-0.39, 0.29) is 5.91 Å². The minimum Gasteiger partial charge on any atom is -0.353 e. The zero-order valence-electron chi connectivity index (χ0n) is 12.7. The van der Waals surface area contributed by atoms with Gasteiger partial charge in [-0.2, -0.15) is 0 Å². The quantitative estimate of drug-likeness (QED) is 0.696. The molecule has 2 saturated carbocycles. The van der Waals surface area contributed by atoms with Crippen molar-refractivity contribution in [1.82, 2.24) is 10.6 Å². The molecule has 2 aliphatic carbocycles. The van der Waals surface area contributed by atoms with Gasteiger partial charge in [-0.1, -0.05) is 20.3 Å². The SMILES string of the molecule is CC(C)NCCCC(=O)NC(C)C1CC2CCC1C2. The topological polar surface area (TPSA) is 41.1 Å². The van der Waals surface area contributed by atoms with Gasteiger partial charge in [-0.05, 0) is 56.9 Å². The molecule has 110 valence electrons. The van der Waals surface area contributed by atoms with Gasteiger partial charge in [0.05, 0.1) is 0 Å². The highest BCUT2D eigenvalue weighted by atomic mass is 16.1. The summed E-state index contributed by atoms with van der Waals surface area (Å²) < 4.78 is 0. The molecule has 2 N–H and O–H groups in total. The fourth-order valence-corrected chi connectivity index (χ4v) is 3.98. The van der Waals surface area contributed by atoms with Gasteiger partial charge in [0.25, 0.3) is 0 Å². The second kappa shape index (κ2) is 6.74. The monoisotopic (exact) mass is 266 g/mol. The van der Waals surface area contributed by atoms with Crippen LogP contribution in [-0.2, 0) is 4.79 Å². The van der Waals surface area contributed by atoms with Crippen LogP contribution >= 0.6 is 0 Å². The molecular weight excluding hydrogens is 236 g/mol. The highest BCUT2D eigenvalue weighted by Crippen LogP contribution is 2.49. The Morgan fingerprint density at radius 2 is 2.00 bits per heavy atom. The summed E-state index contributed by atoms with van der Waals surface area (Å²) in [4.78, 5) is 11.9. The minimum absolute atomic E-state index is 0.237. The summed E-state index contributed by atoms with van der Waals surface area (Å²) in [7, 11) is 0. The maximum Gasteiger partial charge on any atom is 0.220 e. The molecule has 4 unspecified atom stereocenters. The highest BCUT2D eigenvalue weighted by molar-refractivity contribution is 5.76. The van der Waals surface area contributed by atoms with Gasteiger partial charge in [-0.15, -0.1) is 0 Å². The van der Waals surface area contributed by atoms with Crippen molar-refractivity contribution in [2.24, 2.45) is 17.8 Å². The van der Waals surface area contributed by atoms with Crippen molar-refractivity contribution in [3.63, 3.8) is 0 Å². The molecule has 0 heterocycles. The van der Waals surface area contributed by atoms with Crippen LogP contribution in [0.25, 0.3) is 0 Å². The molecule has 0 aromatic rings. The summed E-state index contributed by atoms with van der Waals surface area (Å²) in [5, 5.41) is 6.58. The number of carbonyl (C=O) groups excluding carboxylic acids is 1. The molecule has 3 heteroatoms. The van der Waals surface area contributed by atoms with Gasteiger partial charge in [0.2, 0.25) is 5.91 Å². The predicted molar refractivity (Wildman–Crippen MR) is 78.9 cm³/mol. The molecule has 2 rings (SSSR count). The van der Waals surface area contributed by atoms with Crippen molar-refractivity contribution in [2.75, 3.05) is 6.54 Å². The lowest BCUT2D eigenvalue weighted by atomic mass is 9.84. The van der Waals surface area contributed by atoms with Crippen LogP contribution in [0, 0.1) is 17.8 Å². The maximum absolute atomic E-state index is 11.9. The number of fused-ring (bicyclic) bond motifs is 2. The van der Waals surface area contributed by atoms with E-state index in [4.69, 9.17) is 0 Å². The Bertz CT molecular complexity index is 303. The van der Waals surface area contributed by atoms with Gasteiger partial charge < -0.3 is 10.6 Å². The lowest BCUT2D eigenvalue weighted by molar-refractivity contribution is -0.122. The molecular formula is C16H30N2O. The number of hydrogen-bond acceptors (Lipinski definition) is 2. The lowest BCUT2D eigenvalue weighted by Crippen LogP contribution is -2.40. The Balaban J connectivity index is 1.62. The van der Waals surface area contributed by atoms with Crippen LogP contribution in [0.4, 0.5) is 0 Å². The Morgan fingerprint density at radius 1 is 1.21 bits per heavy atom. The molecule has 2 fully saturated rings. The van der Waals surface area contributed by atoms with E-state index in [0.29, 0.717) is 18.5 Å². The van der Waals surface area contributed by atoms with Gasteiger partial charge >= 0.3 is 0 Å². The van der Waals surface area contributed by atoms with Crippen LogP contribution in [0.1, 0.15) is 59.3 Å². The first-order valence-electron chi connectivity index (χ1n) is 8.09. The molecule has 4 atom stereocenters. The van der Waals surface area contributed by atoms with E-state index in [2.05, 4.69) is 31.4 Å². The van der Waals surface area contributed by atoms with E-state index >= 15 is 0 Å². The van der Waals surface area contributed by atoms with Crippen molar-refractivity contribution < 1.29 is 4.79 Å². The Hall–Kier alpha value is -0.570. The molecule has 2 aliphatic rings. The Labute approximate surface area is 117 Å². The van der Waals surface area contributed by atoms with Crippen molar-refractivity contribution in [3.05, 3.63) is 0 Å². The first kappa shape index (κ1) is 14.8. The second-order valence-corrected chi connectivity index (χ2v) is 6.91. The molecule has 0 aromatic carbocycles. The first-order valence-corrected chi connectivity index (χ1v) is 8.09. The Kier molecular flexibility index (Phi) is 5.26. The minimum atomic E-state index is 0.237. The standard InChI is InChI=1S/C16H30N2O/c1-11(2)17-8-4-5-16(19)18-12(3)15-10-13-6-7-14(15)9-13/h11-15,17H,4-10H2,1-3H3,(H,18,19). The third kappa shape index (κ3) is 4.20. The molecule has 19 heavy (non-hydrogen) atoms. The van der Waals surface area contributed by atoms with Crippen LogP contribution in [0.15, 0.2) is 0 Å². The molecule has 1 amide bonds. The van der Waals surface area contributed by atoms with Crippen molar-refractivity contribution in [3.8, 4) is 0 Å². The predicted octanol–water partition coefficient (Wildman–Crippen LogP) is 2.71. The van der Waals surface area contributed by atoms with E-state index < -0.39 is 0 Å². The number of carbonyl (C=O) groups is 1. The maximum atomic E-state index is 11.9. The second-order valence-electron chi connectivity index (χ2n) is 6.91. The van der Waals surface area contributed by atoms with Gasteiger partial charge in [0.1, 0.15) is 0 Å². The molecule has 0 aromatic heterocycles. The van der Waals surface area contributed by atoms with Gasteiger partial charge in [0, 0.05) is 18.5 Å². The number of rotatable bonds is 7. The summed E-state index contributed by atoms with van der Waals surface area (Å²) in [6.07, 6.45) is 7.19. The molecule has 2 bridgehead atoms. The third-order valence-electron chi connectivity index (χ3n) is 4.96. The van der Waals surface area contributed by atoms with Crippen LogP contribution in [0.2, 0.25) is 0 Å². The van der Waals surface area contributed by atoms with E-state index in [1.54, 1.807) is 0 Å². The average molecular weight is 266 g/mol. The summed E-state index contributed by atoms with van der Waals surface area (Å²) in [6, 6.07) is 0.886. The molecule has 0 aliphatic heterocycles. The third-order valence-corrected chi connectivity index (χ3v) is 4.96. The van der Waals surface area contributed by atoms with Crippen LogP contribution in [-0.4, -0.2) is 24.5 Å². The molecule has 0 spiro atoms. The Morgan fingerprint density at radius 3 is 2.58 bits per heavy atom. The largest absolute Gasteiger partial charge is 0.353 e. The zero-order valence-corrected chi connectivity index (χ0v) is 12.7. The summed E-state index contributed by atoms with van der Waals surface area (Å²) in [5.41, 5.74) is 0. The summed E-state index contributed by atoms with van der Waals surface area (Å²) in [5.74, 6) is 2.84.